The zero-order valence-corrected chi connectivity index (χ0v) is 7.45. The Morgan fingerprint density at radius 3 is 2.77 bits per heavy atom. The Bertz CT molecular complexity index is 331. The highest BCUT2D eigenvalue weighted by atomic mass is 16.2. The van der Waals surface area contributed by atoms with Gasteiger partial charge in [-0.1, -0.05) is 30.4 Å². The van der Waals surface area contributed by atoms with Gasteiger partial charge in [-0.2, -0.15) is 0 Å². The zero-order valence-electron chi connectivity index (χ0n) is 7.45. The summed E-state index contributed by atoms with van der Waals surface area (Å²) in [6.45, 7) is 1.92. The summed E-state index contributed by atoms with van der Waals surface area (Å²) in [7, 11) is 0. The monoisotopic (exact) mass is 176 g/mol. The molecule has 3 nitrogen and oxygen atoms in total. The largest absolute Gasteiger partial charge is 0.351 e. The Morgan fingerprint density at radius 2 is 2.15 bits per heavy atom. The fourth-order valence-corrected chi connectivity index (χ4v) is 1.07. The van der Waals surface area contributed by atoms with Gasteiger partial charge in [0.15, 0.2) is 0 Å². The van der Waals surface area contributed by atoms with E-state index in [0.717, 1.165) is 11.3 Å². The fraction of sp³-hybridized carbons (Fsp3) is 0.100. The Balaban J connectivity index is 2.97. The predicted molar refractivity (Wildman–Crippen MR) is 54.4 cm³/mol. The van der Waals surface area contributed by atoms with Gasteiger partial charge in [-0.15, -0.1) is 0 Å². The minimum atomic E-state index is -0.544. The van der Waals surface area contributed by atoms with Crippen LogP contribution in [0.2, 0.25) is 0 Å². The standard InChI is InChI=1S/C10H12N2O/c1-2-5-8-6-3-4-7-9(8)12-10(11)13/h2-7H,1H3,(H3,11,12,13)/b5-2+. The molecule has 0 unspecified atom stereocenters. The van der Waals surface area contributed by atoms with E-state index in [0.29, 0.717) is 0 Å². The Morgan fingerprint density at radius 1 is 1.46 bits per heavy atom. The first-order valence-corrected chi connectivity index (χ1v) is 4.02. The number of hydrogen-bond donors (Lipinski definition) is 2. The molecule has 0 saturated heterocycles. The second kappa shape index (κ2) is 4.30. The average Bonchev–Trinajstić information content (AvgIpc) is 2.08. The number of amides is 2. The minimum Gasteiger partial charge on any atom is -0.351 e. The van der Waals surface area contributed by atoms with Crippen LogP contribution >= 0.6 is 0 Å². The van der Waals surface area contributed by atoms with Crippen molar-refractivity contribution in [2.45, 2.75) is 6.92 Å². The van der Waals surface area contributed by atoms with E-state index < -0.39 is 6.03 Å². The number of benzene rings is 1. The molecule has 1 rings (SSSR count). The third kappa shape index (κ3) is 2.63. The molecule has 0 aromatic heterocycles. The van der Waals surface area contributed by atoms with E-state index in [-0.39, 0.29) is 0 Å². The van der Waals surface area contributed by atoms with Crippen LogP contribution in [0.4, 0.5) is 10.5 Å². The van der Waals surface area contributed by atoms with Gasteiger partial charge < -0.3 is 11.1 Å². The zero-order chi connectivity index (χ0) is 9.68. The second-order valence-electron chi connectivity index (χ2n) is 2.58. The van der Waals surface area contributed by atoms with Crippen LogP contribution in [0.5, 0.6) is 0 Å². The van der Waals surface area contributed by atoms with Crippen molar-refractivity contribution in [3.63, 3.8) is 0 Å². The van der Waals surface area contributed by atoms with Gasteiger partial charge in [0.2, 0.25) is 0 Å². The summed E-state index contributed by atoms with van der Waals surface area (Å²) in [6.07, 6.45) is 3.81. The quantitative estimate of drug-likeness (QED) is 0.713. The smallest absolute Gasteiger partial charge is 0.316 e. The van der Waals surface area contributed by atoms with Gasteiger partial charge in [0.05, 0.1) is 0 Å². The Hall–Kier alpha value is -1.77. The molecule has 0 atom stereocenters. The molecule has 1 aromatic rings. The van der Waals surface area contributed by atoms with E-state index in [1.807, 2.05) is 37.3 Å². The summed E-state index contributed by atoms with van der Waals surface area (Å²) in [6, 6.07) is 6.92. The van der Waals surface area contributed by atoms with Gasteiger partial charge in [0.25, 0.3) is 0 Å². The molecule has 0 aliphatic heterocycles. The number of nitrogens with two attached hydrogens (primary N) is 1. The number of hydrogen-bond acceptors (Lipinski definition) is 1. The van der Waals surface area contributed by atoms with Crippen molar-refractivity contribution < 1.29 is 4.79 Å². The molecule has 0 heterocycles. The minimum absolute atomic E-state index is 0.544. The molecule has 0 aliphatic rings. The number of rotatable bonds is 2. The van der Waals surface area contributed by atoms with Gasteiger partial charge in [0, 0.05) is 5.69 Å². The van der Waals surface area contributed by atoms with E-state index >= 15 is 0 Å². The van der Waals surface area contributed by atoms with Gasteiger partial charge in [-0.05, 0) is 18.6 Å². The van der Waals surface area contributed by atoms with E-state index in [1.165, 1.54) is 0 Å². The summed E-state index contributed by atoms with van der Waals surface area (Å²) >= 11 is 0. The molecule has 0 bridgehead atoms. The number of anilines is 1. The molecule has 0 fully saturated rings. The lowest BCUT2D eigenvalue weighted by Crippen LogP contribution is -2.19. The predicted octanol–water partition coefficient (Wildman–Crippen LogP) is 2.21. The molecule has 0 radical (unpaired) electrons. The maximum absolute atomic E-state index is 10.6. The van der Waals surface area contributed by atoms with Crippen LogP contribution in [0, 0.1) is 0 Å². The van der Waals surface area contributed by atoms with Crippen LogP contribution in [0.15, 0.2) is 30.3 Å². The highest BCUT2D eigenvalue weighted by Crippen LogP contribution is 2.15. The van der Waals surface area contributed by atoms with Crippen LogP contribution in [-0.4, -0.2) is 6.03 Å². The van der Waals surface area contributed by atoms with Gasteiger partial charge >= 0.3 is 6.03 Å². The lowest BCUT2D eigenvalue weighted by molar-refractivity contribution is 0.259. The van der Waals surface area contributed by atoms with Crippen LogP contribution < -0.4 is 11.1 Å². The van der Waals surface area contributed by atoms with E-state index in [9.17, 15) is 4.79 Å². The molecule has 3 heteroatoms. The van der Waals surface area contributed by atoms with Crippen LogP contribution in [0.25, 0.3) is 6.08 Å². The van der Waals surface area contributed by atoms with Crippen LogP contribution in [0.3, 0.4) is 0 Å². The van der Waals surface area contributed by atoms with E-state index in [2.05, 4.69) is 5.32 Å². The van der Waals surface area contributed by atoms with Crippen LogP contribution in [-0.2, 0) is 0 Å². The number of para-hydroxylation sites is 1. The highest BCUT2D eigenvalue weighted by molar-refractivity contribution is 5.90. The molecule has 1 aromatic carbocycles. The van der Waals surface area contributed by atoms with E-state index in [1.54, 1.807) is 6.07 Å². The summed E-state index contributed by atoms with van der Waals surface area (Å²) < 4.78 is 0. The molecular weight excluding hydrogens is 164 g/mol. The third-order valence-electron chi connectivity index (χ3n) is 1.56. The highest BCUT2D eigenvalue weighted by Gasteiger charge is 1.98. The molecule has 3 N–H and O–H groups in total. The summed E-state index contributed by atoms with van der Waals surface area (Å²) in [5, 5.41) is 2.55. The maximum atomic E-state index is 10.6. The molecule has 13 heavy (non-hydrogen) atoms. The first kappa shape index (κ1) is 9.32. The maximum Gasteiger partial charge on any atom is 0.316 e. The summed E-state index contributed by atoms with van der Waals surface area (Å²) in [4.78, 5) is 10.6. The van der Waals surface area contributed by atoms with Crippen molar-refractivity contribution >= 4 is 17.8 Å². The lowest BCUT2D eigenvalue weighted by Gasteiger charge is -2.04. The number of carbonyl (C=O) groups excluding carboxylic acids is 1. The first-order chi connectivity index (χ1) is 6.24. The Kier molecular flexibility index (Phi) is 3.09. The molecule has 68 valence electrons. The third-order valence-corrected chi connectivity index (χ3v) is 1.56. The first-order valence-electron chi connectivity index (χ1n) is 4.02. The van der Waals surface area contributed by atoms with Crippen molar-refractivity contribution in [1.82, 2.24) is 0 Å². The normalized spacial score (nSPS) is 10.2. The topological polar surface area (TPSA) is 55.1 Å². The molecule has 2 amide bonds. The van der Waals surface area contributed by atoms with Gasteiger partial charge in [-0.25, -0.2) is 4.79 Å². The summed E-state index contributed by atoms with van der Waals surface area (Å²) in [5.74, 6) is 0. The molecule has 0 aliphatic carbocycles. The Labute approximate surface area is 77.3 Å². The number of primary amides is 1. The van der Waals surface area contributed by atoms with Crippen molar-refractivity contribution in [3.05, 3.63) is 35.9 Å². The lowest BCUT2D eigenvalue weighted by atomic mass is 10.1. The average molecular weight is 176 g/mol. The number of nitrogens with one attached hydrogen (secondary N) is 1. The van der Waals surface area contributed by atoms with Crippen molar-refractivity contribution in [1.29, 1.82) is 0 Å². The molecule has 0 spiro atoms. The number of allylic oxidation sites excluding steroid dienone is 1. The van der Waals surface area contributed by atoms with Crippen molar-refractivity contribution in [2.24, 2.45) is 5.73 Å². The van der Waals surface area contributed by atoms with E-state index in [4.69, 9.17) is 5.73 Å². The second-order valence-corrected chi connectivity index (χ2v) is 2.58. The fourth-order valence-electron chi connectivity index (χ4n) is 1.07. The van der Waals surface area contributed by atoms with Crippen molar-refractivity contribution in [3.8, 4) is 0 Å². The number of urea groups is 1. The van der Waals surface area contributed by atoms with Gasteiger partial charge in [0.1, 0.15) is 0 Å². The van der Waals surface area contributed by atoms with Crippen LogP contribution in [0.1, 0.15) is 12.5 Å². The number of carbonyl (C=O) groups is 1. The van der Waals surface area contributed by atoms with Crippen molar-refractivity contribution in [2.75, 3.05) is 5.32 Å². The SMILES string of the molecule is C/C=C/c1ccccc1NC(N)=O. The van der Waals surface area contributed by atoms with Gasteiger partial charge in [-0.3, -0.25) is 0 Å². The molecule has 0 saturated carbocycles. The molecular formula is C10H12N2O. The summed E-state index contributed by atoms with van der Waals surface area (Å²) in [5.41, 5.74) is 6.69.